The van der Waals surface area contributed by atoms with Crippen molar-refractivity contribution < 1.29 is 9.59 Å². The molecule has 1 saturated heterocycles. The molecule has 6 nitrogen and oxygen atoms in total. The van der Waals surface area contributed by atoms with Gasteiger partial charge in [-0.05, 0) is 43.9 Å². The van der Waals surface area contributed by atoms with Crippen LogP contribution in [0, 0.1) is 5.92 Å². The molecule has 1 aromatic carbocycles. The highest BCUT2D eigenvalue weighted by atomic mass is 35.5. The smallest absolute Gasteiger partial charge is 0.210 e. The van der Waals surface area contributed by atoms with Crippen molar-refractivity contribution >= 4 is 23.8 Å². The number of aryl methyl sites for hydroxylation is 1. The zero-order valence-corrected chi connectivity index (χ0v) is 21.1. The standard InChI is InChI=1S/C9H11N3O2.C9H17N.C8H9Cl/c1-7(14)8-4-10-9-5-11(6-13)2-3-12(8)9;1-3-4-6-10-7-5-9(2)8-10;1-2-7-5-3-4-6-8(7)9/h4,6H,2-3,5H2,1H3;3-4,9H,5-8H2,1-2H3;3-6H,2H2,1H3/b;4-3+;. The minimum Gasteiger partial charge on any atom is -0.336 e. The quantitative estimate of drug-likeness (QED) is 0.354. The van der Waals surface area contributed by atoms with Gasteiger partial charge in [-0.15, -0.1) is 0 Å². The Hall–Kier alpha value is -2.44. The summed E-state index contributed by atoms with van der Waals surface area (Å²) < 4.78 is 1.88. The number of benzene rings is 1. The molecule has 0 radical (unpaired) electrons. The molecule has 1 atom stereocenters. The molecule has 7 heteroatoms. The normalized spacial score (nSPS) is 17.6. The van der Waals surface area contributed by atoms with Crippen LogP contribution in [0.3, 0.4) is 0 Å². The van der Waals surface area contributed by atoms with Crippen molar-refractivity contribution in [3.05, 3.63) is 64.7 Å². The second-order valence-electron chi connectivity index (χ2n) is 8.51. The predicted molar refractivity (Wildman–Crippen MR) is 135 cm³/mol. The van der Waals surface area contributed by atoms with Crippen LogP contribution >= 0.6 is 11.6 Å². The van der Waals surface area contributed by atoms with E-state index in [0.717, 1.165) is 36.1 Å². The fraction of sp³-hybridized carbons (Fsp3) is 0.500. The number of nitrogens with zero attached hydrogens (tertiary/aromatic N) is 4. The number of hydrogen-bond acceptors (Lipinski definition) is 4. The highest BCUT2D eigenvalue weighted by Crippen LogP contribution is 2.15. The molecule has 1 amide bonds. The van der Waals surface area contributed by atoms with E-state index in [0.29, 0.717) is 25.3 Å². The van der Waals surface area contributed by atoms with E-state index in [4.69, 9.17) is 11.6 Å². The average molecular weight is 473 g/mol. The molecule has 0 spiro atoms. The third-order valence-corrected chi connectivity index (χ3v) is 6.22. The Morgan fingerprint density at radius 3 is 2.55 bits per heavy atom. The van der Waals surface area contributed by atoms with Crippen molar-refractivity contribution in [2.45, 2.75) is 53.6 Å². The monoisotopic (exact) mass is 472 g/mol. The summed E-state index contributed by atoms with van der Waals surface area (Å²) in [6.07, 6.45) is 9.15. The minimum atomic E-state index is 0.0169. The number of amides is 1. The van der Waals surface area contributed by atoms with Crippen LogP contribution in [0.25, 0.3) is 0 Å². The lowest BCUT2D eigenvalue weighted by Crippen LogP contribution is -2.33. The van der Waals surface area contributed by atoms with Gasteiger partial charge in [-0.2, -0.15) is 0 Å². The van der Waals surface area contributed by atoms with Crippen molar-refractivity contribution in [1.29, 1.82) is 0 Å². The summed E-state index contributed by atoms with van der Waals surface area (Å²) in [4.78, 5) is 30.0. The summed E-state index contributed by atoms with van der Waals surface area (Å²) >= 11 is 5.82. The first-order valence-electron chi connectivity index (χ1n) is 11.7. The van der Waals surface area contributed by atoms with Gasteiger partial charge >= 0.3 is 0 Å². The maximum Gasteiger partial charge on any atom is 0.210 e. The van der Waals surface area contributed by atoms with Crippen LogP contribution in [0.15, 0.2) is 42.6 Å². The Balaban J connectivity index is 0.000000181. The van der Waals surface area contributed by atoms with E-state index >= 15 is 0 Å². The van der Waals surface area contributed by atoms with Crippen molar-refractivity contribution in [3.8, 4) is 0 Å². The number of carbonyl (C=O) groups excluding carboxylic acids is 2. The summed E-state index contributed by atoms with van der Waals surface area (Å²) in [5.74, 6) is 1.72. The molecule has 2 aromatic rings. The maximum absolute atomic E-state index is 11.2. The van der Waals surface area contributed by atoms with E-state index in [2.05, 4.69) is 42.8 Å². The first-order valence-corrected chi connectivity index (χ1v) is 12.1. The maximum atomic E-state index is 11.2. The minimum absolute atomic E-state index is 0.0169. The van der Waals surface area contributed by atoms with Gasteiger partial charge in [0.15, 0.2) is 5.78 Å². The number of likely N-dealkylation sites (tertiary alicyclic amines) is 1. The Morgan fingerprint density at radius 2 is 2.00 bits per heavy atom. The Kier molecular flexibility index (Phi) is 11.3. The molecule has 2 aliphatic heterocycles. The van der Waals surface area contributed by atoms with Crippen molar-refractivity contribution in [3.63, 3.8) is 0 Å². The summed E-state index contributed by atoms with van der Waals surface area (Å²) in [7, 11) is 0. The van der Waals surface area contributed by atoms with E-state index in [1.54, 1.807) is 11.1 Å². The van der Waals surface area contributed by atoms with Crippen LogP contribution in [0.4, 0.5) is 0 Å². The van der Waals surface area contributed by atoms with Gasteiger partial charge < -0.3 is 9.47 Å². The lowest BCUT2D eigenvalue weighted by atomic mass is 10.2. The Morgan fingerprint density at radius 1 is 1.24 bits per heavy atom. The van der Waals surface area contributed by atoms with Gasteiger partial charge in [0, 0.05) is 38.1 Å². The molecule has 2 aliphatic rings. The average Bonchev–Trinajstić information content (AvgIpc) is 3.44. The summed E-state index contributed by atoms with van der Waals surface area (Å²) in [5, 5.41) is 0.875. The molecule has 33 heavy (non-hydrogen) atoms. The molecular formula is C26H37ClN4O2. The number of rotatable bonds is 5. The highest BCUT2D eigenvalue weighted by Gasteiger charge is 2.20. The molecule has 180 valence electrons. The SMILES string of the molecule is C/C=C/CN1CCC(C)C1.CC(=O)c1cnc2n1CCN(C=O)C2.CCc1ccccc1Cl. The van der Waals surface area contributed by atoms with Gasteiger partial charge in [-0.25, -0.2) is 4.98 Å². The first-order chi connectivity index (χ1) is 15.9. The molecule has 3 heterocycles. The topological polar surface area (TPSA) is 58.4 Å². The molecular weight excluding hydrogens is 436 g/mol. The third-order valence-electron chi connectivity index (χ3n) is 5.85. The fourth-order valence-corrected chi connectivity index (χ4v) is 4.15. The second kappa shape index (κ2) is 14.0. The lowest BCUT2D eigenvalue weighted by molar-refractivity contribution is -0.119. The van der Waals surface area contributed by atoms with E-state index in [1.165, 1.54) is 32.0 Å². The molecule has 0 N–H and O–H groups in total. The molecule has 1 fully saturated rings. The van der Waals surface area contributed by atoms with Crippen LogP contribution in [0.5, 0.6) is 0 Å². The van der Waals surface area contributed by atoms with Gasteiger partial charge in [0.1, 0.15) is 11.5 Å². The zero-order chi connectivity index (χ0) is 24.2. The van der Waals surface area contributed by atoms with E-state index < -0.39 is 0 Å². The second-order valence-corrected chi connectivity index (χ2v) is 8.92. The molecule has 1 unspecified atom stereocenters. The van der Waals surface area contributed by atoms with E-state index in [-0.39, 0.29) is 5.78 Å². The first kappa shape index (κ1) is 26.8. The molecule has 0 saturated carbocycles. The predicted octanol–water partition coefficient (Wildman–Crippen LogP) is 4.86. The van der Waals surface area contributed by atoms with Gasteiger partial charge in [-0.3, -0.25) is 14.5 Å². The van der Waals surface area contributed by atoms with Crippen LogP contribution in [0.1, 0.15) is 56.0 Å². The number of aromatic nitrogens is 2. The number of ketones is 1. The lowest BCUT2D eigenvalue weighted by Gasteiger charge is -2.24. The molecule has 4 rings (SSSR count). The molecule has 1 aromatic heterocycles. The summed E-state index contributed by atoms with van der Waals surface area (Å²) in [6, 6.07) is 7.91. The Labute approximate surface area is 203 Å². The van der Waals surface area contributed by atoms with Crippen molar-refractivity contribution in [2.75, 3.05) is 26.2 Å². The van der Waals surface area contributed by atoms with Crippen molar-refractivity contribution in [2.24, 2.45) is 5.92 Å². The molecule has 0 bridgehead atoms. The third kappa shape index (κ3) is 8.45. The number of carbonyl (C=O) groups is 2. The largest absolute Gasteiger partial charge is 0.336 e. The van der Waals surface area contributed by atoms with E-state index in [1.807, 2.05) is 28.8 Å². The number of imidazole rings is 1. The Bertz CT molecular complexity index is 925. The highest BCUT2D eigenvalue weighted by molar-refractivity contribution is 6.31. The number of Topliss-reactive ketones (excluding diaryl/α,β-unsaturated/α-hetero) is 1. The number of halogens is 1. The van der Waals surface area contributed by atoms with Gasteiger partial charge in [-0.1, -0.05) is 55.8 Å². The summed E-state index contributed by atoms with van der Waals surface area (Å²) in [6.45, 7) is 13.6. The van der Waals surface area contributed by atoms with Crippen LogP contribution in [-0.4, -0.2) is 57.7 Å². The number of fused-ring (bicyclic) bond motifs is 1. The van der Waals surface area contributed by atoms with Gasteiger partial charge in [0.25, 0.3) is 0 Å². The number of hydrogen-bond donors (Lipinski definition) is 0. The summed E-state index contributed by atoms with van der Waals surface area (Å²) in [5.41, 5.74) is 1.85. The fourth-order valence-electron chi connectivity index (χ4n) is 3.88. The van der Waals surface area contributed by atoms with Crippen LogP contribution < -0.4 is 0 Å². The van der Waals surface area contributed by atoms with Crippen LogP contribution in [-0.2, 0) is 24.3 Å². The number of allylic oxidation sites excluding steroid dienone is 1. The van der Waals surface area contributed by atoms with Gasteiger partial charge in [0.2, 0.25) is 6.41 Å². The molecule has 0 aliphatic carbocycles. The van der Waals surface area contributed by atoms with Crippen LogP contribution in [0.2, 0.25) is 5.02 Å². The zero-order valence-electron chi connectivity index (χ0n) is 20.3. The van der Waals surface area contributed by atoms with Crippen molar-refractivity contribution in [1.82, 2.24) is 19.4 Å². The van der Waals surface area contributed by atoms with E-state index in [9.17, 15) is 9.59 Å². The van der Waals surface area contributed by atoms with Gasteiger partial charge in [0.05, 0.1) is 12.7 Å².